The molecule has 0 aliphatic carbocycles. The van der Waals surface area contributed by atoms with Gasteiger partial charge in [0.2, 0.25) is 0 Å². The summed E-state index contributed by atoms with van der Waals surface area (Å²) < 4.78 is 1.08. The summed E-state index contributed by atoms with van der Waals surface area (Å²) in [6, 6.07) is 2.49. The van der Waals surface area contributed by atoms with Crippen LogP contribution in [0.4, 0.5) is 5.82 Å². The molecule has 0 spiro atoms. The van der Waals surface area contributed by atoms with Crippen LogP contribution in [0.25, 0.3) is 0 Å². The van der Waals surface area contributed by atoms with Crippen molar-refractivity contribution in [3.63, 3.8) is 0 Å². The van der Waals surface area contributed by atoms with Crippen LogP contribution in [0.5, 0.6) is 0 Å². The topological polar surface area (TPSA) is 24.9 Å². The SMILES string of the molecule is CCCCC(C)Nc1nccc(C)c1Br. The van der Waals surface area contributed by atoms with E-state index in [0.717, 1.165) is 10.3 Å². The first kappa shape index (κ1) is 12.5. The van der Waals surface area contributed by atoms with E-state index in [1.165, 1.54) is 24.8 Å². The molecule has 1 unspecified atom stereocenters. The standard InChI is InChI=1S/C12H19BrN2/c1-4-5-6-10(3)15-12-11(13)9(2)7-8-14-12/h7-8,10H,4-6H2,1-3H3,(H,14,15). The molecular weight excluding hydrogens is 252 g/mol. The minimum atomic E-state index is 0.482. The van der Waals surface area contributed by atoms with E-state index < -0.39 is 0 Å². The smallest absolute Gasteiger partial charge is 0.140 e. The minimum absolute atomic E-state index is 0.482. The van der Waals surface area contributed by atoms with Gasteiger partial charge >= 0.3 is 0 Å². The van der Waals surface area contributed by atoms with Crippen LogP contribution in [-0.2, 0) is 0 Å². The molecule has 0 radical (unpaired) electrons. The molecule has 0 amide bonds. The van der Waals surface area contributed by atoms with Gasteiger partial charge in [0, 0.05) is 12.2 Å². The Balaban J connectivity index is 2.60. The zero-order valence-corrected chi connectivity index (χ0v) is 11.3. The van der Waals surface area contributed by atoms with Gasteiger partial charge in [0.25, 0.3) is 0 Å². The Morgan fingerprint density at radius 2 is 2.27 bits per heavy atom. The number of aromatic nitrogens is 1. The molecule has 0 aromatic carbocycles. The highest BCUT2D eigenvalue weighted by atomic mass is 79.9. The lowest BCUT2D eigenvalue weighted by atomic mass is 10.1. The van der Waals surface area contributed by atoms with Gasteiger partial charge in [-0.3, -0.25) is 0 Å². The van der Waals surface area contributed by atoms with Gasteiger partial charge in [-0.2, -0.15) is 0 Å². The molecule has 84 valence electrons. The van der Waals surface area contributed by atoms with E-state index in [1.807, 2.05) is 12.3 Å². The van der Waals surface area contributed by atoms with Crippen molar-refractivity contribution < 1.29 is 0 Å². The van der Waals surface area contributed by atoms with Gasteiger partial charge in [-0.1, -0.05) is 19.8 Å². The molecule has 1 heterocycles. The zero-order valence-electron chi connectivity index (χ0n) is 9.68. The highest BCUT2D eigenvalue weighted by Gasteiger charge is 2.07. The van der Waals surface area contributed by atoms with Crippen LogP contribution < -0.4 is 5.32 Å². The number of rotatable bonds is 5. The maximum Gasteiger partial charge on any atom is 0.140 e. The molecule has 0 aliphatic rings. The van der Waals surface area contributed by atoms with Gasteiger partial charge in [-0.15, -0.1) is 0 Å². The van der Waals surface area contributed by atoms with Crippen molar-refractivity contribution in [1.82, 2.24) is 4.98 Å². The summed E-state index contributed by atoms with van der Waals surface area (Å²) in [5.41, 5.74) is 1.22. The van der Waals surface area contributed by atoms with Crippen LogP contribution >= 0.6 is 15.9 Å². The van der Waals surface area contributed by atoms with Crippen molar-refractivity contribution in [2.45, 2.75) is 46.1 Å². The third-order valence-electron chi connectivity index (χ3n) is 2.46. The molecule has 2 nitrogen and oxygen atoms in total. The molecule has 1 rings (SSSR count). The second-order valence-corrected chi connectivity index (χ2v) is 4.77. The van der Waals surface area contributed by atoms with Crippen molar-refractivity contribution in [1.29, 1.82) is 0 Å². The van der Waals surface area contributed by atoms with E-state index in [0.29, 0.717) is 6.04 Å². The van der Waals surface area contributed by atoms with E-state index >= 15 is 0 Å². The molecule has 1 aromatic heterocycles. The van der Waals surface area contributed by atoms with E-state index in [-0.39, 0.29) is 0 Å². The van der Waals surface area contributed by atoms with Gasteiger partial charge in [0.15, 0.2) is 0 Å². The third kappa shape index (κ3) is 3.82. The Morgan fingerprint density at radius 1 is 1.53 bits per heavy atom. The van der Waals surface area contributed by atoms with Gasteiger partial charge in [0.05, 0.1) is 4.47 Å². The Bertz CT molecular complexity index is 312. The zero-order chi connectivity index (χ0) is 11.3. The first-order chi connectivity index (χ1) is 7.15. The Morgan fingerprint density at radius 3 is 2.93 bits per heavy atom. The second-order valence-electron chi connectivity index (χ2n) is 3.98. The van der Waals surface area contributed by atoms with E-state index in [9.17, 15) is 0 Å². The first-order valence-corrected chi connectivity index (χ1v) is 6.32. The summed E-state index contributed by atoms with van der Waals surface area (Å²) in [6.07, 6.45) is 5.54. The predicted octanol–water partition coefficient (Wildman–Crippen LogP) is 4.14. The van der Waals surface area contributed by atoms with Crippen LogP contribution in [0.15, 0.2) is 16.7 Å². The summed E-state index contributed by atoms with van der Waals surface area (Å²) in [5.74, 6) is 0.957. The molecule has 0 saturated heterocycles. The highest BCUT2D eigenvalue weighted by Crippen LogP contribution is 2.24. The molecule has 1 aromatic rings. The van der Waals surface area contributed by atoms with Crippen LogP contribution in [-0.4, -0.2) is 11.0 Å². The second kappa shape index (κ2) is 6.11. The fourth-order valence-electron chi connectivity index (χ4n) is 1.46. The molecular formula is C12H19BrN2. The normalized spacial score (nSPS) is 12.5. The third-order valence-corrected chi connectivity index (χ3v) is 3.46. The predicted molar refractivity (Wildman–Crippen MR) is 69.3 cm³/mol. The average molecular weight is 271 g/mol. The number of hydrogen-bond acceptors (Lipinski definition) is 2. The lowest BCUT2D eigenvalue weighted by Gasteiger charge is -2.15. The lowest BCUT2D eigenvalue weighted by Crippen LogP contribution is -2.16. The van der Waals surface area contributed by atoms with Crippen LogP contribution in [0.3, 0.4) is 0 Å². The molecule has 1 atom stereocenters. The summed E-state index contributed by atoms with van der Waals surface area (Å²) >= 11 is 3.55. The summed E-state index contributed by atoms with van der Waals surface area (Å²) in [7, 11) is 0. The molecule has 0 bridgehead atoms. The number of aryl methyl sites for hydroxylation is 1. The number of nitrogens with one attached hydrogen (secondary N) is 1. The molecule has 15 heavy (non-hydrogen) atoms. The number of hydrogen-bond donors (Lipinski definition) is 1. The molecule has 0 fully saturated rings. The summed E-state index contributed by atoms with van der Waals surface area (Å²) in [4.78, 5) is 4.33. The van der Waals surface area contributed by atoms with Gasteiger partial charge < -0.3 is 5.32 Å². The van der Waals surface area contributed by atoms with E-state index in [2.05, 4.69) is 47.0 Å². The van der Waals surface area contributed by atoms with Gasteiger partial charge in [0.1, 0.15) is 5.82 Å². The summed E-state index contributed by atoms with van der Waals surface area (Å²) in [5, 5.41) is 3.43. The highest BCUT2D eigenvalue weighted by molar-refractivity contribution is 9.10. The van der Waals surface area contributed by atoms with Crippen molar-refractivity contribution in [2.24, 2.45) is 0 Å². The average Bonchev–Trinajstić information content (AvgIpc) is 2.22. The fraction of sp³-hybridized carbons (Fsp3) is 0.583. The molecule has 0 saturated carbocycles. The van der Waals surface area contributed by atoms with Gasteiger partial charge in [-0.05, 0) is 47.8 Å². The van der Waals surface area contributed by atoms with Crippen molar-refractivity contribution >= 4 is 21.7 Å². The van der Waals surface area contributed by atoms with E-state index in [1.54, 1.807) is 0 Å². The Kier molecular flexibility index (Phi) is 5.09. The minimum Gasteiger partial charge on any atom is -0.367 e. The van der Waals surface area contributed by atoms with Crippen molar-refractivity contribution in [3.05, 3.63) is 22.3 Å². The largest absolute Gasteiger partial charge is 0.367 e. The van der Waals surface area contributed by atoms with Gasteiger partial charge in [-0.25, -0.2) is 4.98 Å². The quantitative estimate of drug-likeness (QED) is 0.870. The van der Waals surface area contributed by atoms with Crippen LogP contribution in [0, 0.1) is 6.92 Å². The summed E-state index contributed by atoms with van der Waals surface area (Å²) in [6.45, 7) is 6.49. The fourth-order valence-corrected chi connectivity index (χ4v) is 1.81. The number of anilines is 1. The monoisotopic (exact) mass is 270 g/mol. The number of pyridine rings is 1. The molecule has 1 N–H and O–H groups in total. The number of unbranched alkanes of at least 4 members (excludes halogenated alkanes) is 1. The van der Waals surface area contributed by atoms with E-state index in [4.69, 9.17) is 0 Å². The van der Waals surface area contributed by atoms with Crippen LogP contribution in [0.2, 0.25) is 0 Å². The number of halogens is 1. The molecule has 0 aliphatic heterocycles. The number of nitrogens with zero attached hydrogens (tertiary/aromatic N) is 1. The molecule has 3 heteroatoms. The maximum absolute atomic E-state index is 4.33. The lowest BCUT2D eigenvalue weighted by molar-refractivity contribution is 0.643. The first-order valence-electron chi connectivity index (χ1n) is 5.52. The maximum atomic E-state index is 4.33. The van der Waals surface area contributed by atoms with Crippen molar-refractivity contribution in [2.75, 3.05) is 5.32 Å². The van der Waals surface area contributed by atoms with Crippen LogP contribution in [0.1, 0.15) is 38.7 Å². The Labute approximate surface area is 101 Å². The Hall–Kier alpha value is -0.570. The van der Waals surface area contributed by atoms with Crippen molar-refractivity contribution in [3.8, 4) is 0 Å².